The van der Waals surface area contributed by atoms with Crippen molar-refractivity contribution in [3.63, 3.8) is 0 Å². The molecule has 0 atom stereocenters. The minimum Gasteiger partial charge on any atom is -0.497 e. The number of amides is 1. The molecule has 0 radical (unpaired) electrons. The Morgan fingerprint density at radius 1 is 1.09 bits per heavy atom. The van der Waals surface area contributed by atoms with E-state index in [4.69, 9.17) is 4.74 Å². The van der Waals surface area contributed by atoms with Crippen LogP contribution in [-0.4, -0.2) is 63.3 Å². The van der Waals surface area contributed by atoms with E-state index in [-0.39, 0.29) is 28.5 Å². The molecule has 2 aromatic carbocycles. The maximum Gasteiger partial charge on any atom is 0.229 e. The number of rotatable bonds is 11. The number of thiazole rings is 1. The predicted octanol–water partition coefficient (Wildman–Crippen LogP) is 3.98. The second-order valence-corrected chi connectivity index (χ2v) is 10.5. The van der Waals surface area contributed by atoms with E-state index in [0.717, 1.165) is 13.1 Å². The van der Waals surface area contributed by atoms with Gasteiger partial charge in [-0.2, -0.15) is 0 Å². The van der Waals surface area contributed by atoms with Gasteiger partial charge in [-0.3, -0.25) is 9.69 Å². The number of fused-ring (bicyclic) bond motifs is 1. The number of benzene rings is 2. The summed E-state index contributed by atoms with van der Waals surface area (Å²) in [5.74, 6) is -0.596. The highest BCUT2D eigenvalue weighted by Crippen LogP contribution is 2.30. The minimum atomic E-state index is -3.66. The smallest absolute Gasteiger partial charge is 0.229 e. The van der Waals surface area contributed by atoms with Gasteiger partial charge in [0.1, 0.15) is 17.1 Å². The fraction of sp³-hybridized carbons (Fsp3) is 0.391. The van der Waals surface area contributed by atoms with Crippen molar-refractivity contribution in [1.82, 2.24) is 9.88 Å². The van der Waals surface area contributed by atoms with Gasteiger partial charge in [0, 0.05) is 19.5 Å². The summed E-state index contributed by atoms with van der Waals surface area (Å²) in [6, 6.07) is 10.8. The van der Waals surface area contributed by atoms with Gasteiger partial charge in [-0.25, -0.2) is 17.8 Å². The van der Waals surface area contributed by atoms with Gasteiger partial charge in [0.25, 0.3) is 0 Å². The largest absolute Gasteiger partial charge is 0.497 e. The van der Waals surface area contributed by atoms with E-state index in [1.54, 1.807) is 24.3 Å². The third-order valence-electron chi connectivity index (χ3n) is 5.43. The molecule has 0 aliphatic heterocycles. The van der Waals surface area contributed by atoms with Crippen LogP contribution in [0.4, 0.5) is 9.52 Å². The summed E-state index contributed by atoms with van der Waals surface area (Å²) >= 11 is 1.22. The molecule has 0 aliphatic rings. The quantitative estimate of drug-likeness (QED) is 0.402. The molecule has 0 unspecified atom stereocenters. The van der Waals surface area contributed by atoms with Crippen molar-refractivity contribution >= 4 is 42.4 Å². The minimum absolute atomic E-state index is 0.132. The van der Waals surface area contributed by atoms with Gasteiger partial charge < -0.3 is 9.64 Å². The molecular formula is C23H28FN3O4S2. The summed E-state index contributed by atoms with van der Waals surface area (Å²) in [5, 5.41) is 0.370. The Hall–Kier alpha value is -2.56. The van der Waals surface area contributed by atoms with Gasteiger partial charge in [0.15, 0.2) is 15.0 Å². The van der Waals surface area contributed by atoms with Crippen LogP contribution in [0.15, 0.2) is 47.4 Å². The maximum atomic E-state index is 14.2. The number of halogens is 1. The molecule has 0 saturated carbocycles. The van der Waals surface area contributed by atoms with Crippen LogP contribution in [-0.2, 0) is 14.6 Å². The van der Waals surface area contributed by atoms with Crippen molar-refractivity contribution < 1.29 is 22.3 Å². The Bertz CT molecular complexity index is 1190. The number of ether oxygens (including phenoxy) is 1. The topological polar surface area (TPSA) is 79.8 Å². The van der Waals surface area contributed by atoms with Crippen LogP contribution in [0.5, 0.6) is 5.75 Å². The number of nitrogens with zero attached hydrogens (tertiary/aromatic N) is 3. The molecule has 178 valence electrons. The van der Waals surface area contributed by atoms with Gasteiger partial charge in [-0.1, -0.05) is 31.3 Å². The van der Waals surface area contributed by atoms with Gasteiger partial charge in [-0.05, 0) is 49.5 Å². The number of hydrogen-bond donors (Lipinski definition) is 0. The molecule has 3 aromatic rings. The zero-order valence-electron chi connectivity index (χ0n) is 19.0. The fourth-order valence-corrected chi connectivity index (χ4v) is 5.64. The van der Waals surface area contributed by atoms with Gasteiger partial charge in [-0.15, -0.1) is 0 Å². The number of hydrogen-bond acceptors (Lipinski definition) is 7. The molecule has 0 spiro atoms. The molecule has 1 aromatic heterocycles. The number of sulfone groups is 1. The van der Waals surface area contributed by atoms with E-state index >= 15 is 0 Å². The number of methoxy groups -OCH3 is 1. The van der Waals surface area contributed by atoms with Gasteiger partial charge in [0.2, 0.25) is 5.91 Å². The van der Waals surface area contributed by atoms with Crippen LogP contribution in [0.2, 0.25) is 0 Å². The average Bonchev–Trinajstić information content (AvgIpc) is 3.26. The molecule has 0 saturated heterocycles. The number of para-hydroxylation sites is 1. The van der Waals surface area contributed by atoms with Gasteiger partial charge in [0.05, 0.1) is 22.5 Å². The first kappa shape index (κ1) is 25.1. The summed E-state index contributed by atoms with van der Waals surface area (Å²) in [4.78, 5) is 21.3. The lowest BCUT2D eigenvalue weighted by molar-refractivity contribution is -0.118. The Morgan fingerprint density at radius 2 is 1.79 bits per heavy atom. The van der Waals surface area contributed by atoms with Crippen molar-refractivity contribution in [3.05, 3.63) is 48.3 Å². The molecule has 7 nitrogen and oxygen atoms in total. The number of likely N-dealkylation sites (N-methyl/N-ethyl adjacent to an activating group) is 1. The molecule has 1 amide bonds. The lowest BCUT2D eigenvalue weighted by Crippen LogP contribution is -2.39. The summed E-state index contributed by atoms with van der Waals surface area (Å²) < 4.78 is 45.4. The Labute approximate surface area is 197 Å². The van der Waals surface area contributed by atoms with Crippen LogP contribution in [0.3, 0.4) is 0 Å². The number of aromatic nitrogens is 1. The maximum absolute atomic E-state index is 14.2. The second-order valence-electron chi connectivity index (χ2n) is 7.40. The highest BCUT2D eigenvalue weighted by molar-refractivity contribution is 7.91. The highest BCUT2D eigenvalue weighted by Gasteiger charge is 2.24. The van der Waals surface area contributed by atoms with Crippen molar-refractivity contribution in [2.24, 2.45) is 0 Å². The van der Waals surface area contributed by atoms with Crippen LogP contribution in [0.1, 0.15) is 20.3 Å². The van der Waals surface area contributed by atoms with E-state index in [1.807, 2.05) is 13.8 Å². The second kappa shape index (κ2) is 11.0. The summed E-state index contributed by atoms with van der Waals surface area (Å²) in [7, 11) is -2.16. The highest BCUT2D eigenvalue weighted by atomic mass is 32.2. The Balaban J connectivity index is 1.81. The molecule has 0 fully saturated rings. The molecule has 0 aliphatic carbocycles. The molecular weight excluding hydrogens is 465 g/mol. The van der Waals surface area contributed by atoms with E-state index in [2.05, 4.69) is 9.88 Å². The molecule has 0 bridgehead atoms. The predicted molar refractivity (Wildman–Crippen MR) is 129 cm³/mol. The van der Waals surface area contributed by atoms with Gasteiger partial charge >= 0.3 is 0 Å². The van der Waals surface area contributed by atoms with E-state index < -0.39 is 15.7 Å². The summed E-state index contributed by atoms with van der Waals surface area (Å²) in [5.41, 5.74) is 0.212. The van der Waals surface area contributed by atoms with E-state index in [9.17, 15) is 17.6 Å². The lowest BCUT2D eigenvalue weighted by atomic mass is 10.3. The van der Waals surface area contributed by atoms with Crippen LogP contribution >= 0.6 is 11.3 Å². The third-order valence-corrected chi connectivity index (χ3v) is 8.20. The van der Waals surface area contributed by atoms with Crippen molar-refractivity contribution in [3.8, 4) is 5.75 Å². The van der Waals surface area contributed by atoms with Crippen LogP contribution in [0.25, 0.3) is 10.2 Å². The summed E-state index contributed by atoms with van der Waals surface area (Å²) in [6.45, 7) is 6.64. The van der Waals surface area contributed by atoms with Crippen molar-refractivity contribution in [1.29, 1.82) is 0 Å². The molecule has 3 rings (SSSR count). The Morgan fingerprint density at radius 3 is 2.39 bits per heavy atom. The first-order chi connectivity index (χ1) is 15.8. The molecule has 0 N–H and O–H groups in total. The number of carbonyl (C=O) groups is 1. The Kier molecular flexibility index (Phi) is 8.39. The molecule has 33 heavy (non-hydrogen) atoms. The standard InChI is InChI=1S/C23H28FN3O4S2/c1-4-26(5-2)14-15-27(23-25-22-19(24)7-6-8-20(22)32-23)21(28)13-16-33(29,30)18-11-9-17(31-3)10-12-18/h6-12H,4-5,13-16H2,1-3H3. The third kappa shape index (κ3) is 6.07. The average molecular weight is 494 g/mol. The lowest BCUT2D eigenvalue weighted by Gasteiger charge is -2.24. The van der Waals surface area contributed by atoms with Crippen molar-refractivity contribution in [2.75, 3.05) is 43.9 Å². The van der Waals surface area contributed by atoms with E-state index in [0.29, 0.717) is 28.7 Å². The van der Waals surface area contributed by atoms with Crippen LogP contribution < -0.4 is 9.64 Å². The zero-order chi connectivity index (χ0) is 24.0. The van der Waals surface area contributed by atoms with Crippen LogP contribution in [0, 0.1) is 5.82 Å². The molecule has 10 heteroatoms. The van der Waals surface area contributed by atoms with Crippen molar-refractivity contribution in [2.45, 2.75) is 25.2 Å². The normalized spacial score (nSPS) is 11.8. The first-order valence-corrected chi connectivity index (χ1v) is 13.2. The first-order valence-electron chi connectivity index (χ1n) is 10.7. The molecule has 1 heterocycles. The summed E-state index contributed by atoms with van der Waals surface area (Å²) in [6.07, 6.45) is -0.203. The SMILES string of the molecule is CCN(CC)CCN(C(=O)CCS(=O)(=O)c1ccc(OC)cc1)c1nc2c(F)cccc2s1. The monoisotopic (exact) mass is 493 g/mol. The van der Waals surface area contributed by atoms with E-state index in [1.165, 1.54) is 41.5 Å². The number of anilines is 1. The fourth-order valence-electron chi connectivity index (χ4n) is 3.38. The number of carbonyl (C=O) groups excluding carboxylic acids is 1. The zero-order valence-corrected chi connectivity index (χ0v) is 20.6.